The first-order valence-electron chi connectivity index (χ1n) is 25.6. The normalized spacial score (nSPS) is 12.8. The van der Waals surface area contributed by atoms with Gasteiger partial charge in [-0.15, -0.1) is 0 Å². The molecule has 75 heavy (non-hydrogen) atoms. The second-order valence-electron chi connectivity index (χ2n) is 19.9. The number of hydrogen-bond donors (Lipinski definition) is 0. The minimum Gasteiger partial charge on any atom is -1.00 e. The van der Waals surface area contributed by atoms with Crippen LogP contribution < -0.4 is 52.8 Å². The first-order chi connectivity index (χ1) is 35.4. The van der Waals surface area contributed by atoms with Crippen molar-refractivity contribution in [2.75, 3.05) is 0 Å². The summed E-state index contributed by atoms with van der Waals surface area (Å²) >= 11 is 2.45. The molecule has 1 atom stereocenters. The van der Waals surface area contributed by atoms with E-state index >= 15 is 0 Å². The average Bonchev–Trinajstić information content (AvgIpc) is 3.70. The maximum Gasteiger partial charge on any atom is -1.00 e. The summed E-state index contributed by atoms with van der Waals surface area (Å²) in [6, 6.07) is 99.4. The van der Waals surface area contributed by atoms with Crippen LogP contribution >= 0.6 is 0 Å². The van der Waals surface area contributed by atoms with Gasteiger partial charge in [0.25, 0.3) is 0 Å². The van der Waals surface area contributed by atoms with Gasteiger partial charge in [0, 0.05) is 0 Å². The van der Waals surface area contributed by atoms with Gasteiger partial charge >= 0.3 is 443 Å². The molecule has 0 N–H and O–H groups in total. The topological polar surface area (TPSA) is 0 Å². The summed E-state index contributed by atoms with van der Waals surface area (Å²) in [4.78, 5) is 0. The summed E-state index contributed by atoms with van der Waals surface area (Å²) in [6.45, 7) is 2.47. The molecule has 0 nitrogen and oxygen atoms in total. The van der Waals surface area contributed by atoms with Crippen molar-refractivity contribution in [3.8, 4) is 0 Å². The second kappa shape index (κ2) is 25.5. The average molecular weight is 1080 g/mol. The van der Waals surface area contributed by atoms with E-state index in [1.54, 1.807) is 0 Å². The Morgan fingerprint density at radius 2 is 0.520 bits per heavy atom. The summed E-state index contributed by atoms with van der Waals surface area (Å²) in [6.07, 6.45) is 5.12. The molecule has 0 saturated carbocycles. The van der Waals surface area contributed by atoms with Crippen LogP contribution in [0.1, 0.15) is 89.0 Å². The van der Waals surface area contributed by atoms with Crippen molar-refractivity contribution >= 4 is 28.8 Å². The molecule has 0 amide bonds. The third kappa shape index (κ3) is 12.5. The minimum absolute atomic E-state index is 0. The van der Waals surface area contributed by atoms with E-state index in [2.05, 4.69) is 288 Å². The molecule has 0 heterocycles. The Hall–Kier alpha value is -6.26. The van der Waals surface area contributed by atoms with Crippen molar-refractivity contribution in [3.05, 3.63) is 344 Å². The quantitative estimate of drug-likeness (QED) is 0.0909. The molecule has 1 aliphatic carbocycles. The zero-order valence-electron chi connectivity index (χ0n) is 42.3. The number of halogens is 3. The monoisotopic (exact) mass is 1080 g/mol. The van der Waals surface area contributed by atoms with Gasteiger partial charge in [0.2, 0.25) is 0 Å². The Kier molecular flexibility index (Phi) is 18.7. The Morgan fingerprint density at radius 1 is 0.293 bits per heavy atom. The molecule has 10 aromatic carbocycles. The smallest absolute Gasteiger partial charge is 1.00 e. The Balaban J connectivity index is 0.00000249. The fraction of sp³-hybridized carbons (Fsp3) is 0.114. The van der Waals surface area contributed by atoms with E-state index in [-0.39, 0.29) is 41.4 Å². The van der Waals surface area contributed by atoms with Gasteiger partial charge < -0.3 is 37.2 Å². The van der Waals surface area contributed by atoms with E-state index in [1.165, 1.54) is 104 Å². The third-order valence-electron chi connectivity index (χ3n) is 14.7. The third-order valence-corrected chi connectivity index (χ3v) is 20.7. The number of hydrogen-bond acceptors (Lipinski definition) is 0. The fourth-order valence-electron chi connectivity index (χ4n) is 11.5. The molecular formula is C70H59Cl3SiTi. The first kappa shape index (κ1) is 55.0. The molecular weight excluding hydrogens is 1020 g/mol. The van der Waals surface area contributed by atoms with Crippen LogP contribution in [0.4, 0.5) is 0 Å². The summed E-state index contributed by atoms with van der Waals surface area (Å²) in [5.74, 6) is 0. The van der Waals surface area contributed by atoms with Crippen LogP contribution in [0.3, 0.4) is 0 Å². The molecule has 0 saturated heterocycles. The molecule has 1 unspecified atom stereocenters. The van der Waals surface area contributed by atoms with Crippen molar-refractivity contribution in [1.29, 1.82) is 0 Å². The van der Waals surface area contributed by atoms with Crippen molar-refractivity contribution < 1.29 is 57.7 Å². The van der Waals surface area contributed by atoms with Gasteiger partial charge in [0.1, 0.15) is 0 Å². The van der Waals surface area contributed by atoms with E-state index in [9.17, 15) is 0 Å². The number of benzene rings is 10. The first-order valence-corrected chi connectivity index (χ1v) is 28.5. The number of rotatable bonds is 16. The standard InChI is InChI=1S/C70H59Si.3ClH.Ti/c1-52-36-65-34-20-21-35-69(65)70(52)71(66-46-59(37-53-22-8-2-9-23-53)43-60(47-66)38-54-24-10-3-11-25-54,67-48-61(39-55-26-12-4-13-27-55)44-62(49-67)40-56-28-14-5-15-29-56)68-50-63(41-57-30-16-6-17-31-57)45-64(51-68)42-58-32-18-7-19-33-58;;;;/h2-36,43-51H,37-42H2,1H3;3*1H;/q;;;;+3/p-3. The SMILES string of the molecule is CC1=C([Si](c2cc(Cc3ccccc3)cc(Cc3ccccc3)c2)(c2cc(Cc3ccccc3)cc(Cc3ccccc3)c2)c2cc(Cc3ccccc3)cc(Cc3ccccc3)c2)c2ccccc2[CH]1[Ti+3].[Cl-].[Cl-].[Cl-]. The molecule has 0 bridgehead atoms. The molecule has 0 fully saturated rings. The Bertz CT molecular complexity index is 2980. The predicted octanol–water partition coefficient (Wildman–Crippen LogP) is 5.33. The fourth-order valence-corrected chi connectivity index (χ4v) is 18.0. The molecule has 10 aromatic rings. The molecule has 0 spiro atoms. The Morgan fingerprint density at radius 3 is 0.773 bits per heavy atom. The van der Waals surface area contributed by atoms with Crippen molar-refractivity contribution in [3.63, 3.8) is 0 Å². The van der Waals surface area contributed by atoms with Crippen LogP contribution in [-0.2, 0) is 59.0 Å². The van der Waals surface area contributed by atoms with Crippen LogP contribution in [-0.4, -0.2) is 8.07 Å². The second-order valence-corrected chi connectivity index (χ2v) is 24.6. The molecule has 0 radical (unpaired) electrons. The van der Waals surface area contributed by atoms with Crippen molar-refractivity contribution in [2.24, 2.45) is 0 Å². The van der Waals surface area contributed by atoms with Gasteiger partial charge in [-0.2, -0.15) is 0 Å². The van der Waals surface area contributed by atoms with Crippen LogP contribution in [0.25, 0.3) is 5.20 Å². The van der Waals surface area contributed by atoms with Gasteiger partial charge in [-0.1, -0.05) is 0 Å². The number of allylic oxidation sites excluding steroid dienone is 1. The van der Waals surface area contributed by atoms with Gasteiger partial charge in [-0.3, -0.25) is 0 Å². The summed E-state index contributed by atoms with van der Waals surface area (Å²) < 4.78 is 0.270. The van der Waals surface area contributed by atoms with Gasteiger partial charge in [0.15, 0.2) is 0 Å². The van der Waals surface area contributed by atoms with Gasteiger partial charge in [-0.25, -0.2) is 0 Å². The van der Waals surface area contributed by atoms with E-state index in [4.69, 9.17) is 0 Å². The van der Waals surface area contributed by atoms with Crippen LogP contribution in [0.2, 0.25) is 0 Å². The summed E-state index contributed by atoms with van der Waals surface area (Å²) in [7, 11) is -3.36. The molecule has 368 valence electrons. The zero-order valence-corrected chi connectivity index (χ0v) is 47.1. The summed E-state index contributed by atoms with van der Waals surface area (Å²) in [5.41, 5.74) is 20.4. The maximum atomic E-state index is 2.65. The van der Waals surface area contributed by atoms with E-state index in [0.717, 1.165) is 38.5 Å². The van der Waals surface area contributed by atoms with Crippen molar-refractivity contribution in [1.82, 2.24) is 0 Å². The van der Waals surface area contributed by atoms with Crippen molar-refractivity contribution in [2.45, 2.75) is 49.7 Å². The molecule has 11 rings (SSSR count). The molecule has 0 aliphatic heterocycles. The molecule has 1 aliphatic rings. The van der Waals surface area contributed by atoms with Crippen LogP contribution in [0.15, 0.2) is 266 Å². The van der Waals surface area contributed by atoms with E-state index < -0.39 is 8.07 Å². The molecule has 5 heteroatoms. The zero-order chi connectivity index (χ0) is 48.7. The van der Waals surface area contributed by atoms with Gasteiger partial charge in [0.05, 0.1) is 0 Å². The van der Waals surface area contributed by atoms with E-state index in [1.807, 2.05) is 0 Å². The Labute approximate surface area is 476 Å². The maximum absolute atomic E-state index is 3.36. The molecule has 0 aromatic heterocycles. The number of fused-ring (bicyclic) bond motifs is 1. The van der Waals surface area contributed by atoms with Gasteiger partial charge in [-0.05, 0) is 0 Å². The van der Waals surface area contributed by atoms with Crippen LogP contribution in [0.5, 0.6) is 0 Å². The summed E-state index contributed by atoms with van der Waals surface area (Å²) in [5, 5.41) is 5.89. The minimum atomic E-state index is -3.36. The van der Waals surface area contributed by atoms with E-state index in [0.29, 0.717) is 0 Å². The predicted molar refractivity (Wildman–Crippen MR) is 301 cm³/mol. The van der Waals surface area contributed by atoms with Crippen LogP contribution in [0, 0.1) is 0 Å². The largest absolute Gasteiger partial charge is 1.00 e.